The predicted octanol–water partition coefficient (Wildman–Crippen LogP) is 2.82. The van der Waals surface area contributed by atoms with Gasteiger partial charge in [0, 0.05) is 11.3 Å². The van der Waals surface area contributed by atoms with Gasteiger partial charge in [0.25, 0.3) is 5.91 Å². The summed E-state index contributed by atoms with van der Waals surface area (Å²) >= 11 is 5.08. The molecule has 0 radical (unpaired) electrons. The van der Waals surface area contributed by atoms with Crippen LogP contribution < -0.4 is 10.6 Å². The van der Waals surface area contributed by atoms with E-state index in [1.54, 1.807) is 24.3 Å². The summed E-state index contributed by atoms with van der Waals surface area (Å²) in [7, 11) is 0. The monoisotopic (exact) mass is 314 g/mol. The van der Waals surface area contributed by atoms with Crippen molar-refractivity contribution in [3.05, 3.63) is 65.2 Å². The van der Waals surface area contributed by atoms with Crippen molar-refractivity contribution in [1.29, 1.82) is 0 Å². The van der Waals surface area contributed by atoms with E-state index in [0.29, 0.717) is 11.3 Å². The van der Waals surface area contributed by atoms with Crippen molar-refractivity contribution >= 4 is 34.9 Å². The lowest BCUT2D eigenvalue weighted by atomic mass is 10.1. The highest BCUT2D eigenvalue weighted by atomic mass is 32.1. The van der Waals surface area contributed by atoms with E-state index in [4.69, 9.17) is 17.3 Å². The summed E-state index contributed by atoms with van der Waals surface area (Å²) in [4.78, 5) is 22.9. The highest BCUT2D eigenvalue weighted by Crippen LogP contribution is 2.10. The smallest absolute Gasteiger partial charge is 0.335 e. The number of rotatable bonds is 3. The molecular formula is C16H14N2O3S. The Morgan fingerprint density at radius 3 is 2.27 bits per heavy atom. The van der Waals surface area contributed by atoms with Gasteiger partial charge in [-0.2, -0.15) is 0 Å². The lowest BCUT2D eigenvalue weighted by Crippen LogP contribution is -2.34. The number of benzene rings is 2. The molecule has 112 valence electrons. The summed E-state index contributed by atoms with van der Waals surface area (Å²) in [6.45, 7) is 1.84. The zero-order chi connectivity index (χ0) is 16.1. The van der Waals surface area contributed by atoms with Crippen LogP contribution in [0.4, 0.5) is 5.69 Å². The van der Waals surface area contributed by atoms with E-state index in [2.05, 4.69) is 10.6 Å². The Morgan fingerprint density at radius 1 is 1.05 bits per heavy atom. The number of carbonyl (C=O) groups is 2. The third-order valence-corrected chi connectivity index (χ3v) is 3.21. The van der Waals surface area contributed by atoms with Gasteiger partial charge in [-0.25, -0.2) is 4.79 Å². The van der Waals surface area contributed by atoms with Gasteiger partial charge in [0.2, 0.25) is 0 Å². The maximum Gasteiger partial charge on any atom is 0.335 e. The number of carboxylic acids is 1. The fourth-order valence-corrected chi connectivity index (χ4v) is 2.07. The summed E-state index contributed by atoms with van der Waals surface area (Å²) in [5, 5.41) is 14.4. The van der Waals surface area contributed by atoms with Crippen molar-refractivity contribution in [2.24, 2.45) is 0 Å². The van der Waals surface area contributed by atoms with Gasteiger partial charge in [0.1, 0.15) is 0 Å². The minimum absolute atomic E-state index is 0.149. The molecule has 0 unspecified atom stereocenters. The Balaban J connectivity index is 1.99. The van der Waals surface area contributed by atoms with Crippen LogP contribution in [-0.4, -0.2) is 22.1 Å². The van der Waals surface area contributed by atoms with Crippen LogP contribution >= 0.6 is 12.2 Å². The van der Waals surface area contributed by atoms with Crippen molar-refractivity contribution in [2.75, 3.05) is 5.32 Å². The van der Waals surface area contributed by atoms with E-state index in [-0.39, 0.29) is 16.6 Å². The zero-order valence-electron chi connectivity index (χ0n) is 11.8. The van der Waals surface area contributed by atoms with Crippen LogP contribution in [0.5, 0.6) is 0 Å². The minimum Gasteiger partial charge on any atom is -0.478 e. The Hall–Kier alpha value is -2.73. The number of thiocarbonyl (C=S) groups is 1. The molecule has 22 heavy (non-hydrogen) atoms. The molecule has 0 fully saturated rings. The molecule has 0 saturated heterocycles. The zero-order valence-corrected chi connectivity index (χ0v) is 12.6. The SMILES string of the molecule is Cc1ccccc1C(=O)NC(=S)Nc1ccc(C(=O)O)cc1. The lowest BCUT2D eigenvalue weighted by Gasteiger charge is -2.11. The first-order chi connectivity index (χ1) is 10.5. The van der Waals surface area contributed by atoms with Gasteiger partial charge < -0.3 is 10.4 Å². The van der Waals surface area contributed by atoms with E-state index < -0.39 is 5.97 Å². The number of nitrogens with one attached hydrogen (secondary N) is 2. The van der Waals surface area contributed by atoms with Gasteiger partial charge in [0.05, 0.1) is 5.56 Å². The topological polar surface area (TPSA) is 78.4 Å². The molecule has 2 aromatic carbocycles. The molecule has 0 bridgehead atoms. The number of hydrogen-bond donors (Lipinski definition) is 3. The maximum absolute atomic E-state index is 12.1. The van der Waals surface area contributed by atoms with Gasteiger partial charge in [-0.1, -0.05) is 18.2 Å². The van der Waals surface area contributed by atoms with Crippen molar-refractivity contribution in [1.82, 2.24) is 5.32 Å². The highest BCUT2D eigenvalue weighted by Gasteiger charge is 2.10. The molecule has 1 amide bonds. The molecule has 0 spiro atoms. The van der Waals surface area contributed by atoms with Crippen LogP contribution in [0, 0.1) is 6.92 Å². The summed E-state index contributed by atoms with van der Waals surface area (Å²) in [5.41, 5.74) is 2.18. The molecule has 0 aliphatic heterocycles. The highest BCUT2D eigenvalue weighted by molar-refractivity contribution is 7.80. The Bertz CT molecular complexity index is 726. The molecule has 0 aliphatic rings. The van der Waals surface area contributed by atoms with E-state index in [0.717, 1.165) is 5.56 Å². The van der Waals surface area contributed by atoms with Gasteiger partial charge in [-0.3, -0.25) is 10.1 Å². The molecule has 0 aliphatic carbocycles. The molecule has 0 atom stereocenters. The first-order valence-corrected chi connectivity index (χ1v) is 6.89. The standard InChI is InChI=1S/C16H14N2O3S/c1-10-4-2-3-5-13(10)14(19)18-16(22)17-12-8-6-11(7-9-12)15(20)21/h2-9H,1H3,(H,20,21)(H2,17,18,19,22). The van der Waals surface area contributed by atoms with Gasteiger partial charge in [-0.05, 0) is 55.0 Å². The summed E-state index contributed by atoms with van der Waals surface area (Å²) in [5.74, 6) is -1.29. The van der Waals surface area contributed by atoms with E-state index in [1.807, 2.05) is 19.1 Å². The van der Waals surface area contributed by atoms with E-state index in [1.165, 1.54) is 12.1 Å². The number of hydrogen-bond acceptors (Lipinski definition) is 3. The second kappa shape index (κ2) is 6.82. The van der Waals surface area contributed by atoms with Crippen molar-refractivity contribution in [3.63, 3.8) is 0 Å². The molecule has 3 N–H and O–H groups in total. The van der Waals surface area contributed by atoms with Gasteiger partial charge >= 0.3 is 5.97 Å². The molecule has 6 heteroatoms. The Morgan fingerprint density at radius 2 is 1.68 bits per heavy atom. The number of amides is 1. The molecule has 0 aromatic heterocycles. The van der Waals surface area contributed by atoms with Crippen LogP contribution in [0.1, 0.15) is 26.3 Å². The lowest BCUT2D eigenvalue weighted by molar-refractivity contribution is 0.0696. The molecule has 2 rings (SSSR count). The third kappa shape index (κ3) is 3.89. The van der Waals surface area contributed by atoms with Crippen molar-refractivity contribution < 1.29 is 14.7 Å². The van der Waals surface area contributed by atoms with Crippen LogP contribution in [0.2, 0.25) is 0 Å². The normalized spacial score (nSPS) is 9.86. The first kappa shape index (κ1) is 15.7. The Kier molecular flexibility index (Phi) is 4.85. The minimum atomic E-state index is -0.998. The third-order valence-electron chi connectivity index (χ3n) is 3.01. The number of carboxylic acid groups (broad SMARTS) is 1. The second-order valence-corrected chi connectivity index (χ2v) is 5.01. The van der Waals surface area contributed by atoms with Crippen molar-refractivity contribution in [2.45, 2.75) is 6.92 Å². The van der Waals surface area contributed by atoms with Crippen LogP contribution in [0.15, 0.2) is 48.5 Å². The van der Waals surface area contributed by atoms with Crippen LogP contribution in [0.25, 0.3) is 0 Å². The molecule has 2 aromatic rings. The fraction of sp³-hybridized carbons (Fsp3) is 0.0625. The molecule has 0 heterocycles. The number of carbonyl (C=O) groups excluding carboxylic acids is 1. The fourth-order valence-electron chi connectivity index (χ4n) is 1.86. The number of anilines is 1. The molecule has 0 saturated carbocycles. The summed E-state index contributed by atoms with van der Waals surface area (Å²) in [6, 6.07) is 13.3. The largest absolute Gasteiger partial charge is 0.478 e. The number of aromatic carboxylic acids is 1. The quantitative estimate of drug-likeness (QED) is 0.759. The average molecular weight is 314 g/mol. The Labute approximate surface area is 133 Å². The summed E-state index contributed by atoms with van der Waals surface area (Å²) < 4.78 is 0. The van der Waals surface area contributed by atoms with Crippen LogP contribution in [0.3, 0.4) is 0 Å². The first-order valence-electron chi connectivity index (χ1n) is 6.48. The second-order valence-electron chi connectivity index (χ2n) is 4.61. The maximum atomic E-state index is 12.1. The van der Waals surface area contributed by atoms with Gasteiger partial charge in [0.15, 0.2) is 5.11 Å². The van der Waals surface area contributed by atoms with Gasteiger partial charge in [-0.15, -0.1) is 0 Å². The number of aryl methyl sites for hydroxylation is 1. The van der Waals surface area contributed by atoms with E-state index in [9.17, 15) is 9.59 Å². The summed E-state index contributed by atoms with van der Waals surface area (Å²) in [6.07, 6.45) is 0. The predicted molar refractivity (Wildman–Crippen MR) is 88.3 cm³/mol. The molecule has 5 nitrogen and oxygen atoms in total. The van der Waals surface area contributed by atoms with Crippen LogP contribution in [-0.2, 0) is 0 Å². The molecular weight excluding hydrogens is 300 g/mol. The van der Waals surface area contributed by atoms with E-state index >= 15 is 0 Å². The van der Waals surface area contributed by atoms with Crippen molar-refractivity contribution in [3.8, 4) is 0 Å². The average Bonchev–Trinajstić information content (AvgIpc) is 2.48.